The van der Waals surface area contributed by atoms with Crippen LogP contribution in [0.15, 0.2) is 41.1 Å². The molecule has 0 bridgehead atoms. The average Bonchev–Trinajstić information content (AvgIpc) is 3.41. The first-order valence-corrected chi connectivity index (χ1v) is 19.3. The van der Waals surface area contributed by atoms with Crippen LogP contribution in [0, 0.1) is 40.3 Å². The van der Waals surface area contributed by atoms with Gasteiger partial charge >= 0.3 is 0 Å². The number of rotatable bonds is 10. The highest BCUT2D eigenvalue weighted by Gasteiger charge is 2.68. The molecule has 0 unspecified atom stereocenters. The second kappa shape index (κ2) is 15.9. The summed E-state index contributed by atoms with van der Waals surface area (Å²) in [5.41, 5.74) is -0.875. The zero-order valence-electron chi connectivity index (χ0n) is 30.9. The van der Waals surface area contributed by atoms with Gasteiger partial charge in [-0.15, -0.1) is 0 Å². The van der Waals surface area contributed by atoms with Gasteiger partial charge in [0, 0.05) is 38.0 Å². The number of fused-ring (bicyclic) bond motifs is 6. The van der Waals surface area contributed by atoms with Gasteiger partial charge in [0.15, 0.2) is 5.78 Å². The maximum absolute atomic E-state index is 13.4. The minimum absolute atomic E-state index is 0.0154. The molecular weight excluding hydrogens is 749 g/mol. The first-order valence-electron chi connectivity index (χ1n) is 18.6. The highest BCUT2D eigenvalue weighted by atomic mass is 79.9. The van der Waals surface area contributed by atoms with Gasteiger partial charge in [0.2, 0.25) is 5.88 Å². The number of benzene rings is 2. The summed E-state index contributed by atoms with van der Waals surface area (Å²) in [6, 6.07) is 7.90. The zero-order chi connectivity index (χ0) is 38.1. The molecule has 7 rings (SSSR count). The summed E-state index contributed by atoms with van der Waals surface area (Å²) in [5, 5.41) is 34.6. The van der Waals surface area contributed by atoms with Crippen LogP contribution < -0.4 is 14.8 Å². The summed E-state index contributed by atoms with van der Waals surface area (Å²) < 4.78 is 30.2. The van der Waals surface area contributed by atoms with Gasteiger partial charge < -0.3 is 34.8 Å². The lowest BCUT2D eigenvalue weighted by atomic mass is 9.44. The number of halogens is 2. The second-order valence-corrected chi connectivity index (χ2v) is 16.5. The van der Waals surface area contributed by atoms with Gasteiger partial charge in [-0.2, -0.15) is 0 Å². The molecule has 2 aromatic carbocycles. The fraction of sp³-hybridized carbons (Fsp3) is 0.600. The molecule has 8 atom stereocenters. The number of anilines is 1. The zero-order valence-corrected chi connectivity index (χ0v) is 32.5. The summed E-state index contributed by atoms with van der Waals surface area (Å²) in [6.45, 7) is 4.88. The number of nitrogens with one attached hydrogen (secondary N) is 1. The second-order valence-electron chi connectivity index (χ2n) is 15.7. The van der Waals surface area contributed by atoms with Crippen molar-refractivity contribution < 1.29 is 43.5 Å². The number of carbonyl (C=O) groups is 2. The first kappa shape index (κ1) is 39.5. The van der Waals surface area contributed by atoms with Crippen molar-refractivity contribution in [1.29, 1.82) is 0 Å². The number of aliphatic hydroxyl groups is 3. The Balaban J connectivity index is 0.000000181. The molecule has 3 aromatic rings. The summed E-state index contributed by atoms with van der Waals surface area (Å²) in [5.74, 6) is 1.49. The number of ketones is 2. The Morgan fingerprint density at radius 1 is 1.08 bits per heavy atom. The normalized spacial score (nSPS) is 31.8. The molecule has 53 heavy (non-hydrogen) atoms. The van der Waals surface area contributed by atoms with Crippen LogP contribution in [0.1, 0.15) is 71.6 Å². The van der Waals surface area contributed by atoms with E-state index < -0.39 is 23.4 Å². The van der Waals surface area contributed by atoms with Crippen LogP contribution in [-0.4, -0.2) is 82.5 Å². The van der Waals surface area contributed by atoms with Crippen molar-refractivity contribution in [3.63, 3.8) is 0 Å². The van der Waals surface area contributed by atoms with E-state index in [9.17, 15) is 29.3 Å². The third-order valence-electron chi connectivity index (χ3n) is 12.9. The van der Waals surface area contributed by atoms with Crippen molar-refractivity contribution in [2.45, 2.75) is 83.3 Å². The van der Waals surface area contributed by atoms with Gasteiger partial charge in [-0.05, 0) is 121 Å². The van der Waals surface area contributed by atoms with Gasteiger partial charge in [0.05, 0.1) is 34.3 Å². The highest BCUT2D eigenvalue weighted by Crippen LogP contribution is 2.67. The molecule has 0 radical (unpaired) electrons. The standard InChI is InChI=1S/C21H32O5.C19H19BrFN3O3/c1-19-7-5-13(23)9-12(19)3-4-14-15-6-8-21(26,17(25)11-22)20(15,2)10-16(24)18(14)19;1-25-7-3-6-22-16-10-15-13(9-18(16)26-2)19(24-11-23-15)27-17-5-4-12(21)8-14(17)20/h12-15,18,22-23,26H,3-11H2,1-2H3;4-5,8-11,22H,3,6-7H2,1-2H3/t12-,13-,14+,15+,18-,19+,20+,21+;/m1./s1. The molecule has 1 heterocycles. The molecule has 288 valence electrons. The van der Waals surface area contributed by atoms with Gasteiger partial charge in [0.25, 0.3) is 0 Å². The predicted octanol–water partition coefficient (Wildman–Crippen LogP) is 6.64. The minimum Gasteiger partial charge on any atom is -0.495 e. The number of Topliss-reactive ketones (excluding diaryl/α,β-unsaturated/α-hetero) is 2. The largest absolute Gasteiger partial charge is 0.495 e. The molecule has 11 nitrogen and oxygen atoms in total. The Bertz CT molecular complexity index is 1830. The molecule has 0 spiro atoms. The van der Waals surface area contributed by atoms with E-state index in [1.165, 1.54) is 24.5 Å². The summed E-state index contributed by atoms with van der Waals surface area (Å²) in [7, 11) is 3.27. The van der Waals surface area contributed by atoms with Crippen LogP contribution in [-0.2, 0) is 14.3 Å². The molecule has 1 aromatic heterocycles. The molecular formula is C40H51BrFN3O8. The average molecular weight is 801 g/mol. The van der Waals surface area contributed by atoms with Crippen LogP contribution in [0.2, 0.25) is 0 Å². The number of ether oxygens (including phenoxy) is 3. The Morgan fingerprint density at radius 2 is 1.87 bits per heavy atom. The Kier molecular flexibility index (Phi) is 11.8. The van der Waals surface area contributed by atoms with Crippen LogP contribution in [0.3, 0.4) is 0 Å². The quantitative estimate of drug-likeness (QED) is 0.163. The fourth-order valence-corrected chi connectivity index (χ4v) is 10.6. The molecule has 4 aliphatic rings. The first-order chi connectivity index (χ1) is 25.3. The van der Waals surface area contributed by atoms with Crippen molar-refractivity contribution in [2.24, 2.45) is 34.5 Å². The van der Waals surface area contributed by atoms with E-state index in [-0.39, 0.29) is 47.3 Å². The van der Waals surface area contributed by atoms with Crippen LogP contribution in [0.25, 0.3) is 10.9 Å². The summed E-state index contributed by atoms with van der Waals surface area (Å²) in [4.78, 5) is 34.3. The van der Waals surface area contributed by atoms with Crippen molar-refractivity contribution in [2.75, 3.05) is 39.3 Å². The number of aromatic nitrogens is 2. The highest BCUT2D eigenvalue weighted by molar-refractivity contribution is 9.10. The molecule has 0 amide bonds. The van der Waals surface area contributed by atoms with Gasteiger partial charge in [-0.25, -0.2) is 14.4 Å². The Labute approximate surface area is 318 Å². The molecule has 4 saturated carbocycles. The summed E-state index contributed by atoms with van der Waals surface area (Å²) >= 11 is 3.30. The molecule has 4 N–H and O–H groups in total. The Hall–Kier alpha value is -3.23. The van der Waals surface area contributed by atoms with Crippen LogP contribution in [0.4, 0.5) is 10.1 Å². The van der Waals surface area contributed by atoms with E-state index in [1.54, 1.807) is 14.2 Å². The lowest BCUT2D eigenvalue weighted by Gasteiger charge is -2.60. The van der Waals surface area contributed by atoms with E-state index in [0.29, 0.717) is 51.7 Å². The van der Waals surface area contributed by atoms with E-state index in [2.05, 4.69) is 38.1 Å². The molecule has 13 heteroatoms. The van der Waals surface area contributed by atoms with E-state index in [0.717, 1.165) is 57.2 Å². The summed E-state index contributed by atoms with van der Waals surface area (Å²) in [6.07, 6.45) is 7.77. The number of hydrogen-bond acceptors (Lipinski definition) is 11. The lowest BCUT2D eigenvalue weighted by molar-refractivity contribution is -0.180. The van der Waals surface area contributed by atoms with Crippen molar-refractivity contribution in [1.82, 2.24) is 9.97 Å². The van der Waals surface area contributed by atoms with Gasteiger partial charge in [-0.3, -0.25) is 9.59 Å². The fourth-order valence-electron chi connectivity index (χ4n) is 10.2. The Morgan fingerprint density at radius 3 is 2.58 bits per heavy atom. The molecule has 0 saturated heterocycles. The SMILES string of the molecule is COCCCNc1cc2ncnc(Oc3ccc(F)cc3Br)c2cc1OC.C[C@]12CC[C@@H](O)C[C@H]1CC[C@@H]1[C@@H]2C(=O)C[C@@]2(C)[C@H]1CC[C@]2(O)C(=O)CO. The van der Waals surface area contributed by atoms with E-state index in [4.69, 9.17) is 14.2 Å². The van der Waals surface area contributed by atoms with Crippen molar-refractivity contribution in [3.05, 3.63) is 46.9 Å². The van der Waals surface area contributed by atoms with Crippen LogP contribution >= 0.6 is 15.9 Å². The molecule has 4 aliphatic carbocycles. The number of nitrogens with zero attached hydrogens (tertiary/aromatic N) is 2. The van der Waals surface area contributed by atoms with Crippen molar-refractivity contribution in [3.8, 4) is 17.4 Å². The number of methoxy groups -OCH3 is 2. The smallest absolute Gasteiger partial charge is 0.230 e. The van der Waals surface area contributed by atoms with E-state index in [1.807, 2.05) is 19.1 Å². The van der Waals surface area contributed by atoms with Gasteiger partial charge in [-0.1, -0.05) is 13.8 Å². The minimum atomic E-state index is -1.58. The van der Waals surface area contributed by atoms with Crippen molar-refractivity contribution >= 4 is 44.1 Å². The topological polar surface area (TPSA) is 160 Å². The third kappa shape index (κ3) is 7.31. The molecule has 0 aliphatic heterocycles. The number of aliphatic hydroxyl groups excluding tert-OH is 2. The predicted molar refractivity (Wildman–Crippen MR) is 200 cm³/mol. The lowest BCUT2D eigenvalue weighted by Crippen LogP contribution is -2.62. The number of hydrogen-bond donors (Lipinski definition) is 4. The monoisotopic (exact) mass is 799 g/mol. The van der Waals surface area contributed by atoms with Gasteiger partial charge in [0.1, 0.15) is 41.6 Å². The van der Waals surface area contributed by atoms with E-state index >= 15 is 0 Å². The maximum Gasteiger partial charge on any atom is 0.230 e. The maximum atomic E-state index is 13.4. The van der Waals surface area contributed by atoms with Crippen LogP contribution in [0.5, 0.6) is 17.4 Å². The third-order valence-corrected chi connectivity index (χ3v) is 13.6. The molecule has 4 fully saturated rings. The number of carbonyl (C=O) groups excluding carboxylic acids is 2.